The Kier molecular flexibility index (Phi) is 8.07. The van der Waals surface area contributed by atoms with Crippen molar-refractivity contribution in [1.82, 2.24) is 4.40 Å². The maximum Gasteiger partial charge on any atom is 0.136 e. The lowest BCUT2D eigenvalue weighted by molar-refractivity contribution is 0.669. The summed E-state index contributed by atoms with van der Waals surface area (Å²) in [6.45, 7) is 0. The fourth-order valence-electron chi connectivity index (χ4n) is 11.5. The van der Waals surface area contributed by atoms with E-state index in [1.807, 2.05) is 12.1 Å². The molecule has 0 spiro atoms. The summed E-state index contributed by atoms with van der Waals surface area (Å²) in [6, 6.07) is 88.8. The Balaban J connectivity index is 0.824. The number of hydrogen-bond donors (Lipinski definition) is 0. The molecule has 0 aliphatic rings. The number of aromatic nitrogens is 1. The van der Waals surface area contributed by atoms with Crippen molar-refractivity contribution in [1.29, 1.82) is 0 Å². The zero-order valence-corrected chi connectivity index (χ0v) is 37.4. The van der Waals surface area contributed by atoms with E-state index in [1.54, 1.807) is 0 Å². The minimum atomic E-state index is 0.899. The highest BCUT2D eigenvalue weighted by molar-refractivity contribution is 6.26. The molecule has 15 aromatic rings. The molecule has 320 valence electrons. The Morgan fingerprint density at radius 2 is 0.638 bits per heavy atom. The Morgan fingerprint density at radius 1 is 0.246 bits per heavy atom. The molecule has 0 bridgehead atoms. The van der Waals surface area contributed by atoms with Gasteiger partial charge in [0.2, 0.25) is 0 Å². The number of fused-ring (bicyclic) bond motifs is 15. The average molecular weight is 877 g/mol. The molecule has 0 unspecified atom stereocenters. The van der Waals surface area contributed by atoms with Crippen LogP contribution in [0.25, 0.3) is 126 Å². The molecule has 69 heavy (non-hydrogen) atoms. The quantitative estimate of drug-likeness (QED) is 0.155. The number of rotatable bonds is 6. The number of benzene rings is 12. The first-order valence-corrected chi connectivity index (χ1v) is 23.7. The standard InChI is InChI=1S/C66H40N2O/c1-2-12-52-50(10-1)51-11-3-4-13-53(51)61-38-44(26-35-54(52)61)41-20-29-47(30-21-41)67(49-33-24-43(25-34-49)46-28-37-58-57-15-6-8-19-64(57)69-65(58)40-46)48-31-22-42(23-32-48)45-27-36-56-60-17-9-16-59-55-14-5-7-18-62(55)68(66(59)60)63(56)39-45/h1-40H. The molecule has 0 saturated heterocycles. The maximum absolute atomic E-state index is 6.29. The van der Waals surface area contributed by atoms with Crippen molar-refractivity contribution in [2.75, 3.05) is 4.90 Å². The van der Waals surface area contributed by atoms with Crippen molar-refractivity contribution in [3.05, 3.63) is 243 Å². The van der Waals surface area contributed by atoms with Gasteiger partial charge in [0.05, 0.1) is 16.6 Å². The van der Waals surface area contributed by atoms with Crippen LogP contribution in [0.4, 0.5) is 17.1 Å². The summed E-state index contributed by atoms with van der Waals surface area (Å²) < 4.78 is 8.74. The van der Waals surface area contributed by atoms with E-state index in [-0.39, 0.29) is 0 Å². The predicted molar refractivity (Wildman–Crippen MR) is 292 cm³/mol. The fraction of sp³-hybridized carbons (Fsp3) is 0. The van der Waals surface area contributed by atoms with Gasteiger partial charge < -0.3 is 13.7 Å². The molecule has 0 aliphatic carbocycles. The first-order valence-electron chi connectivity index (χ1n) is 23.7. The molecule has 0 N–H and O–H groups in total. The molecule has 0 atom stereocenters. The van der Waals surface area contributed by atoms with Gasteiger partial charge in [-0.25, -0.2) is 0 Å². The lowest BCUT2D eigenvalue weighted by atomic mass is 9.92. The molecular formula is C66H40N2O. The van der Waals surface area contributed by atoms with E-state index < -0.39 is 0 Å². The highest BCUT2D eigenvalue weighted by Crippen LogP contribution is 2.43. The van der Waals surface area contributed by atoms with Gasteiger partial charge >= 0.3 is 0 Å². The number of para-hydroxylation sites is 3. The molecule has 0 fully saturated rings. The Morgan fingerprint density at radius 3 is 1.23 bits per heavy atom. The number of furan rings is 1. The van der Waals surface area contributed by atoms with Gasteiger partial charge in [0, 0.05) is 49.4 Å². The van der Waals surface area contributed by atoms with Gasteiger partial charge in [-0.3, -0.25) is 0 Å². The molecule has 0 saturated carbocycles. The summed E-state index contributed by atoms with van der Waals surface area (Å²) in [6.07, 6.45) is 0. The average Bonchev–Trinajstić information content (AvgIpc) is 4.08. The van der Waals surface area contributed by atoms with Crippen LogP contribution in [0.2, 0.25) is 0 Å². The van der Waals surface area contributed by atoms with E-state index >= 15 is 0 Å². The van der Waals surface area contributed by atoms with E-state index in [9.17, 15) is 0 Å². The van der Waals surface area contributed by atoms with Gasteiger partial charge in [-0.05, 0) is 138 Å². The van der Waals surface area contributed by atoms with Crippen LogP contribution in [-0.2, 0) is 0 Å². The minimum absolute atomic E-state index is 0.899. The molecule has 12 aromatic carbocycles. The Bertz CT molecular complexity index is 4480. The highest BCUT2D eigenvalue weighted by atomic mass is 16.3. The largest absolute Gasteiger partial charge is 0.456 e. The molecule has 3 heteroatoms. The highest BCUT2D eigenvalue weighted by Gasteiger charge is 2.19. The predicted octanol–water partition coefficient (Wildman–Crippen LogP) is 18.7. The van der Waals surface area contributed by atoms with E-state index in [4.69, 9.17) is 4.42 Å². The summed E-state index contributed by atoms with van der Waals surface area (Å²) in [4.78, 5) is 2.36. The third kappa shape index (κ3) is 5.74. The van der Waals surface area contributed by atoms with E-state index in [0.717, 1.165) is 50.1 Å². The second-order valence-corrected chi connectivity index (χ2v) is 18.4. The molecule has 0 amide bonds. The number of nitrogens with zero attached hydrogens (tertiary/aromatic N) is 2. The maximum atomic E-state index is 6.29. The van der Waals surface area contributed by atoms with Crippen molar-refractivity contribution in [2.45, 2.75) is 0 Å². The van der Waals surface area contributed by atoms with E-state index in [0.29, 0.717) is 0 Å². The van der Waals surface area contributed by atoms with Gasteiger partial charge in [-0.15, -0.1) is 0 Å². The van der Waals surface area contributed by atoms with Gasteiger partial charge in [-0.1, -0.05) is 170 Å². The summed E-state index contributed by atoms with van der Waals surface area (Å²) in [5.74, 6) is 0. The summed E-state index contributed by atoms with van der Waals surface area (Å²) >= 11 is 0. The molecule has 3 aromatic heterocycles. The summed E-state index contributed by atoms with van der Waals surface area (Å²) in [7, 11) is 0. The monoisotopic (exact) mass is 876 g/mol. The van der Waals surface area contributed by atoms with Gasteiger partial charge in [0.1, 0.15) is 11.2 Å². The Labute approximate surface area is 397 Å². The molecule has 3 heterocycles. The van der Waals surface area contributed by atoms with Crippen LogP contribution >= 0.6 is 0 Å². The first kappa shape index (κ1) is 38.0. The normalized spacial score (nSPS) is 12.1. The third-order valence-electron chi connectivity index (χ3n) is 14.7. The topological polar surface area (TPSA) is 20.8 Å². The second-order valence-electron chi connectivity index (χ2n) is 18.4. The molecular weight excluding hydrogens is 837 g/mol. The van der Waals surface area contributed by atoms with Crippen LogP contribution in [0.15, 0.2) is 247 Å². The van der Waals surface area contributed by atoms with Gasteiger partial charge in [0.25, 0.3) is 0 Å². The molecule has 15 rings (SSSR count). The Hall–Kier alpha value is -9.18. The van der Waals surface area contributed by atoms with Gasteiger partial charge in [0.15, 0.2) is 0 Å². The van der Waals surface area contributed by atoms with Crippen molar-refractivity contribution >= 4 is 109 Å². The van der Waals surface area contributed by atoms with Crippen molar-refractivity contribution in [3.8, 4) is 33.4 Å². The van der Waals surface area contributed by atoms with E-state index in [1.165, 1.54) is 92.7 Å². The lowest BCUT2D eigenvalue weighted by Gasteiger charge is -2.26. The van der Waals surface area contributed by atoms with Crippen molar-refractivity contribution in [3.63, 3.8) is 0 Å². The smallest absolute Gasteiger partial charge is 0.136 e. The van der Waals surface area contributed by atoms with Crippen molar-refractivity contribution < 1.29 is 4.42 Å². The van der Waals surface area contributed by atoms with Crippen LogP contribution in [0.1, 0.15) is 0 Å². The van der Waals surface area contributed by atoms with Crippen LogP contribution in [0.3, 0.4) is 0 Å². The van der Waals surface area contributed by atoms with Crippen molar-refractivity contribution in [2.24, 2.45) is 0 Å². The summed E-state index contributed by atoms with van der Waals surface area (Å²) in [5.41, 5.74) is 15.8. The molecule has 0 radical (unpaired) electrons. The zero-order chi connectivity index (χ0) is 45.2. The van der Waals surface area contributed by atoms with Crippen LogP contribution < -0.4 is 4.90 Å². The minimum Gasteiger partial charge on any atom is -0.456 e. The number of hydrogen-bond acceptors (Lipinski definition) is 2. The molecule has 0 aliphatic heterocycles. The fourth-order valence-corrected chi connectivity index (χ4v) is 11.5. The second kappa shape index (κ2) is 14.7. The van der Waals surface area contributed by atoms with Gasteiger partial charge in [-0.2, -0.15) is 0 Å². The zero-order valence-electron chi connectivity index (χ0n) is 37.4. The number of anilines is 3. The molecule has 3 nitrogen and oxygen atoms in total. The van der Waals surface area contributed by atoms with Crippen LogP contribution in [0.5, 0.6) is 0 Å². The lowest BCUT2D eigenvalue weighted by Crippen LogP contribution is -2.09. The van der Waals surface area contributed by atoms with Crippen LogP contribution in [0, 0.1) is 0 Å². The van der Waals surface area contributed by atoms with Crippen LogP contribution in [-0.4, -0.2) is 4.40 Å². The summed E-state index contributed by atoms with van der Waals surface area (Å²) in [5, 5.41) is 15.1. The SMILES string of the molecule is c1ccc2c(c1)oc1cc(-c3ccc(N(c4ccc(-c5ccc6c7ccccc7c7ccccc7c6c5)cc4)c4ccc(-c5ccc6c7cccc8c9ccccc9n(c6c5)c87)cc4)cc3)ccc12. The van der Waals surface area contributed by atoms with E-state index in [2.05, 4.69) is 240 Å². The third-order valence-corrected chi connectivity index (χ3v) is 14.7. The first-order chi connectivity index (χ1) is 34.2.